The molecule has 0 aliphatic carbocycles. The molecule has 0 saturated carbocycles. The lowest BCUT2D eigenvalue weighted by Gasteiger charge is -2.14. The second-order valence-corrected chi connectivity index (χ2v) is 6.42. The van der Waals surface area contributed by atoms with Crippen molar-refractivity contribution in [2.75, 3.05) is 0 Å². The molecular weight excluding hydrogens is 284 g/mol. The first-order valence-corrected chi connectivity index (χ1v) is 7.85. The minimum atomic E-state index is 0.275. The van der Waals surface area contributed by atoms with Gasteiger partial charge in [-0.1, -0.05) is 44.2 Å². The third-order valence-corrected chi connectivity index (χ3v) is 4.57. The molecule has 0 heterocycles. The highest BCUT2D eigenvalue weighted by molar-refractivity contribution is 6.18. The number of benzene rings is 4. The molecule has 0 aliphatic heterocycles. The Labute approximate surface area is 134 Å². The number of aromatic hydroxyl groups is 2. The zero-order valence-corrected chi connectivity index (χ0v) is 13.2. The van der Waals surface area contributed by atoms with E-state index in [9.17, 15) is 10.2 Å². The van der Waals surface area contributed by atoms with E-state index in [-0.39, 0.29) is 5.75 Å². The van der Waals surface area contributed by atoms with Crippen molar-refractivity contribution in [1.29, 1.82) is 0 Å². The first-order chi connectivity index (χ1) is 11.0. The van der Waals surface area contributed by atoms with E-state index in [1.165, 1.54) is 5.39 Å². The molecule has 2 heteroatoms. The molecule has 0 aromatic heterocycles. The van der Waals surface area contributed by atoms with E-state index in [1.807, 2.05) is 24.3 Å². The van der Waals surface area contributed by atoms with Crippen molar-refractivity contribution in [3.05, 3.63) is 60.2 Å². The Kier molecular flexibility index (Phi) is 2.95. The first kappa shape index (κ1) is 13.9. The Morgan fingerprint density at radius 1 is 0.609 bits per heavy atom. The van der Waals surface area contributed by atoms with E-state index in [1.54, 1.807) is 12.1 Å². The van der Waals surface area contributed by atoms with Crippen LogP contribution >= 0.6 is 0 Å². The van der Waals surface area contributed by atoms with Crippen LogP contribution in [-0.4, -0.2) is 10.2 Å². The summed E-state index contributed by atoms with van der Waals surface area (Å²) in [5, 5.41) is 26.4. The molecule has 4 aromatic carbocycles. The van der Waals surface area contributed by atoms with Crippen molar-refractivity contribution in [2.45, 2.75) is 19.8 Å². The molecule has 0 fully saturated rings. The number of rotatable bonds is 1. The molecule has 4 rings (SSSR count). The average molecular weight is 302 g/mol. The first-order valence-electron chi connectivity index (χ1n) is 7.85. The van der Waals surface area contributed by atoms with Gasteiger partial charge in [-0.25, -0.2) is 0 Å². The Bertz CT molecular complexity index is 1060. The highest BCUT2D eigenvalue weighted by atomic mass is 16.3. The van der Waals surface area contributed by atoms with Gasteiger partial charge in [0, 0.05) is 0 Å². The molecule has 0 aliphatic rings. The van der Waals surface area contributed by atoms with E-state index >= 15 is 0 Å². The number of fused-ring (bicyclic) bond motifs is 5. The van der Waals surface area contributed by atoms with Gasteiger partial charge in [-0.15, -0.1) is 0 Å². The lowest BCUT2D eigenvalue weighted by Crippen LogP contribution is -1.90. The van der Waals surface area contributed by atoms with Crippen LogP contribution in [0.4, 0.5) is 0 Å². The molecule has 2 nitrogen and oxygen atoms in total. The van der Waals surface area contributed by atoms with Gasteiger partial charge in [0.15, 0.2) is 0 Å². The molecule has 4 aromatic rings. The molecule has 0 saturated heterocycles. The standard InChI is InChI=1S/C21H18O2/c1-12(2)20-10-15(23)11-21-18-5-3-13-9-14(22)4-6-16(13)17(18)7-8-19(20)21/h3-12,22-23H,1-2H3. The van der Waals surface area contributed by atoms with Crippen molar-refractivity contribution < 1.29 is 10.2 Å². The summed E-state index contributed by atoms with van der Waals surface area (Å²) in [6.45, 7) is 4.28. The SMILES string of the molecule is CC(C)c1cc(O)cc2c1ccc1c3ccc(O)cc3ccc21. The van der Waals surface area contributed by atoms with Crippen LogP contribution in [0.2, 0.25) is 0 Å². The minimum absolute atomic E-state index is 0.275. The van der Waals surface area contributed by atoms with Crippen molar-refractivity contribution in [2.24, 2.45) is 0 Å². The van der Waals surface area contributed by atoms with Gasteiger partial charge in [0.2, 0.25) is 0 Å². The molecule has 23 heavy (non-hydrogen) atoms. The highest BCUT2D eigenvalue weighted by Gasteiger charge is 2.11. The third-order valence-electron chi connectivity index (χ3n) is 4.57. The minimum Gasteiger partial charge on any atom is -0.508 e. The molecular formula is C21H18O2. The Morgan fingerprint density at radius 2 is 1.26 bits per heavy atom. The van der Waals surface area contributed by atoms with Crippen LogP contribution in [-0.2, 0) is 0 Å². The van der Waals surface area contributed by atoms with Gasteiger partial charge < -0.3 is 10.2 Å². The van der Waals surface area contributed by atoms with Gasteiger partial charge in [-0.3, -0.25) is 0 Å². The van der Waals surface area contributed by atoms with Crippen molar-refractivity contribution in [1.82, 2.24) is 0 Å². The maximum absolute atomic E-state index is 10.1. The summed E-state index contributed by atoms with van der Waals surface area (Å²) in [5.41, 5.74) is 1.16. The van der Waals surface area contributed by atoms with Crippen molar-refractivity contribution in [3.8, 4) is 11.5 Å². The van der Waals surface area contributed by atoms with Gasteiger partial charge >= 0.3 is 0 Å². The van der Waals surface area contributed by atoms with Crippen LogP contribution in [0.3, 0.4) is 0 Å². The van der Waals surface area contributed by atoms with Crippen molar-refractivity contribution in [3.63, 3.8) is 0 Å². The fourth-order valence-corrected chi connectivity index (χ4v) is 3.47. The van der Waals surface area contributed by atoms with Crippen LogP contribution in [0.1, 0.15) is 25.3 Å². The Balaban J connectivity index is 2.19. The molecule has 0 radical (unpaired) electrons. The number of phenols is 2. The molecule has 114 valence electrons. The quantitative estimate of drug-likeness (QED) is 0.444. The molecule has 0 unspecified atom stereocenters. The summed E-state index contributed by atoms with van der Waals surface area (Å²) in [6, 6.07) is 17.5. The maximum Gasteiger partial charge on any atom is 0.116 e. The van der Waals surface area contributed by atoms with Crippen LogP contribution in [0.15, 0.2) is 54.6 Å². The van der Waals surface area contributed by atoms with E-state index in [0.29, 0.717) is 11.7 Å². The Hall–Kier alpha value is -2.74. The van der Waals surface area contributed by atoms with Crippen molar-refractivity contribution >= 4 is 32.3 Å². The summed E-state index contributed by atoms with van der Waals surface area (Å²) >= 11 is 0. The van der Waals surface area contributed by atoms with Gasteiger partial charge in [0.25, 0.3) is 0 Å². The summed E-state index contributed by atoms with van der Waals surface area (Å²) in [7, 11) is 0. The number of hydrogen-bond acceptors (Lipinski definition) is 2. The fourth-order valence-electron chi connectivity index (χ4n) is 3.47. The zero-order chi connectivity index (χ0) is 16.1. The monoisotopic (exact) mass is 302 g/mol. The van der Waals surface area contributed by atoms with Crippen LogP contribution in [0, 0.1) is 0 Å². The average Bonchev–Trinajstić information content (AvgIpc) is 2.52. The fraction of sp³-hybridized carbons (Fsp3) is 0.143. The zero-order valence-electron chi connectivity index (χ0n) is 13.2. The Morgan fingerprint density at radius 3 is 2.04 bits per heavy atom. The second-order valence-electron chi connectivity index (χ2n) is 6.42. The van der Waals surface area contributed by atoms with Gasteiger partial charge in [-0.2, -0.15) is 0 Å². The second kappa shape index (κ2) is 4.88. The molecule has 0 spiro atoms. The highest BCUT2D eigenvalue weighted by Crippen LogP contribution is 2.37. The normalized spacial score (nSPS) is 11.8. The maximum atomic E-state index is 10.1. The smallest absolute Gasteiger partial charge is 0.116 e. The van der Waals surface area contributed by atoms with Crippen LogP contribution in [0.25, 0.3) is 32.3 Å². The summed E-state index contributed by atoms with van der Waals surface area (Å²) < 4.78 is 0. The third kappa shape index (κ3) is 2.10. The van der Waals surface area contributed by atoms with E-state index in [4.69, 9.17) is 0 Å². The molecule has 0 atom stereocenters. The van der Waals surface area contributed by atoms with E-state index in [0.717, 1.165) is 32.5 Å². The van der Waals surface area contributed by atoms with Gasteiger partial charge in [-0.05, 0) is 68.1 Å². The summed E-state index contributed by atoms with van der Waals surface area (Å²) in [6.07, 6.45) is 0. The van der Waals surface area contributed by atoms with Crippen LogP contribution < -0.4 is 0 Å². The summed E-state index contributed by atoms with van der Waals surface area (Å²) in [4.78, 5) is 0. The van der Waals surface area contributed by atoms with Crippen LogP contribution in [0.5, 0.6) is 11.5 Å². The summed E-state index contributed by atoms with van der Waals surface area (Å²) in [5.74, 6) is 0.927. The topological polar surface area (TPSA) is 40.5 Å². The molecule has 0 bridgehead atoms. The predicted molar refractivity (Wildman–Crippen MR) is 96.4 cm³/mol. The predicted octanol–water partition coefficient (Wildman–Crippen LogP) is 5.68. The largest absolute Gasteiger partial charge is 0.508 e. The number of hydrogen-bond donors (Lipinski definition) is 2. The van der Waals surface area contributed by atoms with E-state index in [2.05, 4.69) is 32.0 Å². The molecule has 0 amide bonds. The van der Waals surface area contributed by atoms with Gasteiger partial charge in [0.05, 0.1) is 0 Å². The van der Waals surface area contributed by atoms with E-state index < -0.39 is 0 Å². The lowest BCUT2D eigenvalue weighted by molar-refractivity contribution is 0.475. The number of phenolic OH excluding ortho intramolecular Hbond substituents is 2. The van der Waals surface area contributed by atoms with Gasteiger partial charge in [0.1, 0.15) is 11.5 Å². The molecule has 2 N–H and O–H groups in total. The lowest BCUT2D eigenvalue weighted by atomic mass is 9.91.